The average molecular weight is 189 g/mol. The summed E-state index contributed by atoms with van der Waals surface area (Å²) in [5.41, 5.74) is 9.65. The zero-order valence-electron chi connectivity index (χ0n) is 8.33. The first-order chi connectivity index (χ1) is 6.59. The maximum absolute atomic E-state index is 9.83. The maximum Gasteiger partial charge on any atom is 0.0802 e. The van der Waals surface area contributed by atoms with Crippen LogP contribution < -0.4 is 5.73 Å². The second kappa shape index (κ2) is 3.14. The predicted molar refractivity (Wildman–Crippen MR) is 58.0 cm³/mol. The van der Waals surface area contributed by atoms with Gasteiger partial charge in [0.25, 0.3) is 0 Å². The van der Waals surface area contributed by atoms with Gasteiger partial charge in [-0.25, -0.2) is 0 Å². The van der Waals surface area contributed by atoms with Crippen LogP contribution in [0.4, 0.5) is 5.69 Å². The Morgan fingerprint density at radius 2 is 2.21 bits per heavy atom. The van der Waals surface area contributed by atoms with Gasteiger partial charge >= 0.3 is 0 Å². The first-order valence-electron chi connectivity index (χ1n) is 4.82. The zero-order chi connectivity index (χ0) is 10.3. The van der Waals surface area contributed by atoms with E-state index >= 15 is 0 Å². The van der Waals surface area contributed by atoms with Gasteiger partial charge in [-0.1, -0.05) is 18.2 Å². The number of allylic oxidation sites excluding steroid dienone is 1. The molecule has 14 heavy (non-hydrogen) atoms. The predicted octanol–water partition coefficient (Wildman–Crippen LogP) is 2.37. The minimum atomic E-state index is -0.379. The molecule has 0 heterocycles. The van der Waals surface area contributed by atoms with Crippen molar-refractivity contribution in [2.75, 3.05) is 5.73 Å². The molecule has 2 atom stereocenters. The van der Waals surface area contributed by atoms with Crippen LogP contribution in [-0.2, 0) is 0 Å². The minimum Gasteiger partial charge on any atom is -0.399 e. The molecule has 3 N–H and O–H groups in total. The Labute approximate surface area is 84.1 Å². The third-order valence-electron chi connectivity index (χ3n) is 2.90. The lowest BCUT2D eigenvalue weighted by Crippen LogP contribution is -1.94. The monoisotopic (exact) mass is 189 g/mol. The molecule has 0 radical (unpaired) electrons. The van der Waals surface area contributed by atoms with E-state index < -0.39 is 0 Å². The topological polar surface area (TPSA) is 46.2 Å². The van der Waals surface area contributed by atoms with Crippen molar-refractivity contribution >= 4 is 5.69 Å². The highest BCUT2D eigenvalue weighted by Crippen LogP contribution is 2.43. The van der Waals surface area contributed by atoms with Crippen molar-refractivity contribution < 1.29 is 5.11 Å². The Kier molecular flexibility index (Phi) is 2.08. The number of anilines is 1. The van der Waals surface area contributed by atoms with Crippen molar-refractivity contribution in [1.29, 1.82) is 0 Å². The maximum atomic E-state index is 9.83. The molecule has 0 aromatic heterocycles. The first-order valence-corrected chi connectivity index (χ1v) is 4.82. The van der Waals surface area contributed by atoms with Crippen molar-refractivity contribution in [2.24, 2.45) is 0 Å². The van der Waals surface area contributed by atoms with Crippen molar-refractivity contribution in [3.05, 3.63) is 41.5 Å². The lowest BCUT2D eigenvalue weighted by molar-refractivity contribution is 0.176. The van der Waals surface area contributed by atoms with Gasteiger partial charge in [0.15, 0.2) is 0 Å². The molecule has 0 bridgehead atoms. The molecule has 0 saturated heterocycles. The second-order valence-electron chi connectivity index (χ2n) is 4.04. The number of nitrogens with two attached hydrogens (primary N) is 1. The summed E-state index contributed by atoms with van der Waals surface area (Å²) in [5.74, 6) is 0.292. The highest BCUT2D eigenvalue weighted by atomic mass is 16.3. The van der Waals surface area contributed by atoms with Gasteiger partial charge in [-0.2, -0.15) is 0 Å². The smallest absolute Gasteiger partial charge is 0.0802 e. The highest BCUT2D eigenvalue weighted by Gasteiger charge is 2.29. The number of hydrogen-bond donors (Lipinski definition) is 2. The molecule has 2 rings (SSSR count). The molecule has 1 aliphatic carbocycles. The van der Waals surface area contributed by atoms with Crippen LogP contribution in [0.2, 0.25) is 0 Å². The molecule has 0 fully saturated rings. The van der Waals surface area contributed by atoms with Gasteiger partial charge in [-0.05, 0) is 36.6 Å². The zero-order valence-corrected chi connectivity index (χ0v) is 8.33. The van der Waals surface area contributed by atoms with E-state index in [1.165, 1.54) is 5.56 Å². The van der Waals surface area contributed by atoms with E-state index in [0.717, 1.165) is 17.6 Å². The van der Waals surface area contributed by atoms with Crippen LogP contribution in [-0.4, -0.2) is 5.11 Å². The highest BCUT2D eigenvalue weighted by molar-refractivity contribution is 5.50. The Balaban J connectivity index is 2.49. The van der Waals surface area contributed by atoms with Crippen molar-refractivity contribution in [2.45, 2.75) is 25.4 Å². The standard InChI is InChI=1S/C12H15NO/c1-7(2)10-6-12(14)11-5-8(13)3-4-9(10)11/h3-5,10,12,14H,1,6,13H2,2H3/t10-,12-/m0/s1. The van der Waals surface area contributed by atoms with Crippen LogP contribution in [0.15, 0.2) is 30.4 Å². The summed E-state index contributed by atoms with van der Waals surface area (Å²) < 4.78 is 0. The van der Waals surface area contributed by atoms with Crippen LogP contribution in [0.3, 0.4) is 0 Å². The summed E-state index contributed by atoms with van der Waals surface area (Å²) >= 11 is 0. The van der Waals surface area contributed by atoms with Crippen molar-refractivity contribution in [3.8, 4) is 0 Å². The molecule has 1 aromatic carbocycles. The normalized spacial score (nSPS) is 24.7. The quantitative estimate of drug-likeness (QED) is 0.526. The number of aliphatic hydroxyl groups is 1. The fourth-order valence-electron chi connectivity index (χ4n) is 2.14. The van der Waals surface area contributed by atoms with E-state index in [9.17, 15) is 5.11 Å². The number of benzene rings is 1. The van der Waals surface area contributed by atoms with E-state index in [4.69, 9.17) is 5.73 Å². The van der Waals surface area contributed by atoms with Crippen LogP contribution in [0, 0.1) is 0 Å². The molecule has 0 unspecified atom stereocenters. The van der Waals surface area contributed by atoms with E-state index in [1.807, 2.05) is 25.1 Å². The van der Waals surface area contributed by atoms with Gasteiger partial charge in [-0.3, -0.25) is 0 Å². The van der Waals surface area contributed by atoms with Crippen LogP contribution in [0.1, 0.15) is 36.5 Å². The summed E-state index contributed by atoms with van der Waals surface area (Å²) in [7, 11) is 0. The summed E-state index contributed by atoms with van der Waals surface area (Å²) in [6.07, 6.45) is 0.365. The van der Waals surface area contributed by atoms with Crippen LogP contribution in [0.5, 0.6) is 0 Å². The molecule has 0 aliphatic heterocycles. The summed E-state index contributed by atoms with van der Waals surface area (Å²) in [6, 6.07) is 5.75. The van der Waals surface area contributed by atoms with Crippen molar-refractivity contribution in [3.63, 3.8) is 0 Å². The van der Waals surface area contributed by atoms with Gasteiger partial charge in [0.05, 0.1) is 6.10 Å². The van der Waals surface area contributed by atoms with Crippen molar-refractivity contribution in [1.82, 2.24) is 0 Å². The summed E-state index contributed by atoms with van der Waals surface area (Å²) in [5, 5.41) is 9.83. The SMILES string of the molecule is C=C(C)[C@@H]1C[C@H](O)c2cc(N)ccc21. The Morgan fingerprint density at radius 1 is 1.50 bits per heavy atom. The number of hydrogen-bond acceptors (Lipinski definition) is 2. The molecule has 2 heteroatoms. The lowest BCUT2D eigenvalue weighted by Gasteiger charge is -2.10. The molecule has 2 nitrogen and oxygen atoms in total. The molecule has 74 valence electrons. The molecular weight excluding hydrogens is 174 g/mol. The average Bonchev–Trinajstić information content (AvgIpc) is 2.44. The fraction of sp³-hybridized carbons (Fsp3) is 0.333. The van der Waals surface area contributed by atoms with E-state index in [0.29, 0.717) is 11.6 Å². The van der Waals surface area contributed by atoms with E-state index in [-0.39, 0.29) is 6.10 Å². The number of nitrogen functional groups attached to an aromatic ring is 1. The second-order valence-corrected chi connectivity index (χ2v) is 4.04. The van der Waals surface area contributed by atoms with Gasteiger partial charge < -0.3 is 10.8 Å². The number of rotatable bonds is 1. The molecule has 1 aliphatic rings. The summed E-state index contributed by atoms with van der Waals surface area (Å²) in [6.45, 7) is 5.95. The lowest BCUT2D eigenvalue weighted by atomic mass is 9.95. The third-order valence-corrected chi connectivity index (χ3v) is 2.90. The number of fused-ring (bicyclic) bond motifs is 1. The van der Waals surface area contributed by atoms with Crippen LogP contribution in [0.25, 0.3) is 0 Å². The molecule has 1 aromatic rings. The van der Waals surface area contributed by atoms with Gasteiger partial charge in [0, 0.05) is 11.6 Å². The third kappa shape index (κ3) is 1.32. The minimum absolute atomic E-state index is 0.292. The molecule has 0 amide bonds. The van der Waals surface area contributed by atoms with Gasteiger partial charge in [-0.15, -0.1) is 0 Å². The molecular formula is C12H15NO. The molecule has 0 saturated carbocycles. The van der Waals surface area contributed by atoms with E-state index in [2.05, 4.69) is 6.58 Å². The Bertz CT molecular complexity index is 384. The fourth-order valence-corrected chi connectivity index (χ4v) is 2.14. The Morgan fingerprint density at radius 3 is 2.86 bits per heavy atom. The van der Waals surface area contributed by atoms with E-state index in [1.54, 1.807) is 0 Å². The number of aliphatic hydroxyl groups excluding tert-OH is 1. The van der Waals surface area contributed by atoms with Gasteiger partial charge in [0.1, 0.15) is 0 Å². The van der Waals surface area contributed by atoms with Gasteiger partial charge in [0.2, 0.25) is 0 Å². The molecule has 0 spiro atoms. The summed E-state index contributed by atoms with van der Waals surface area (Å²) in [4.78, 5) is 0. The van der Waals surface area contributed by atoms with Crippen LogP contribution >= 0.6 is 0 Å². The largest absolute Gasteiger partial charge is 0.399 e. The first kappa shape index (κ1) is 9.28. The Hall–Kier alpha value is -1.28.